The lowest BCUT2D eigenvalue weighted by Crippen LogP contribution is -2.37. The summed E-state index contributed by atoms with van der Waals surface area (Å²) in [6, 6.07) is 7.48. The number of hydrazone groups is 1. The van der Waals surface area contributed by atoms with E-state index in [4.69, 9.17) is 16.3 Å². The molecule has 10 nitrogen and oxygen atoms in total. The Hall–Kier alpha value is -3.27. The number of rotatable bonds is 6. The van der Waals surface area contributed by atoms with Crippen molar-refractivity contribution in [2.24, 2.45) is 16.7 Å². The monoisotopic (exact) mass is 359 g/mol. The van der Waals surface area contributed by atoms with Crippen LogP contribution in [-0.2, 0) is 9.53 Å². The van der Waals surface area contributed by atoms with Crippen LogP contribution in [0.2, 0.25) is 0 Å². The number of ether oxygens (including phenoxy) is 1. The minimum absolute atomic E-state index is 0.341. The molecule has 2 amide bonds. The maximum Gasteiger partial charge on any atom is 0.414 e. The summed E-state index contributed by atoms with van der Waals surface area (Å²) in [5, 5.41) is 6.74. The van der Waals surface area contributed by atoms with Gasteiger partial charge in [-0.3, -0.25) is 9.69 Å². The normalized spacial score (nSPS) is 20.0. The number of nitrogens with zero attached hydrogens (tertiary/aromatic N) is 5. The molecule has 0 saturated carbocycles. The molecule has 4 N–H and O–H groups in total. The van der Waals surface area contributed by atoms with E-state index in [0.29, 0.717) is 32.6 Å². The van der Waals surface area contributed by atoms with Gasteiger partial charge in [0.25, 0.3) is 0 Å². The van der Waals surface area contributed by atoms with Crippen molar-refractivity contribution in [2.75, 3.05) is 36.0 Å². The van der Waals surface area contributed by atoms with Gasteiger partial charge in [0.15, 0.2) is 0 Å². The van der Waals surface area contributed by atoms with Crippen molar-refractivity contribution in [1.29, 1.82) is 0 Å². The first-order valence-electron chi connectivity index (χ1n) is 8.11. The van der Waals surface area contributed by atoms with Gasteiger partial charge in [0.2, 0.25) is 6.41 Å². The molecule has 0 aliphatic carbocycles. The van der Waals surface area contributed by atoms with Crippen molar-refractivity contribution in [2.45, 2.75) is 6.10 Å². The SMILES string of the molecule is N/C=C\N(N)CC1CN(c2ccc(N3C=NN(C=O)CC3)cc2)C(=O)O1. The van der Waals surface area contributed by atoms with E-state index >= 15 is 0 Å². The predicted molar refractivity (Wildman–Crippen MR) is 96.9 cm³/mol. The van der Waals surface area contributed by atoms with Crippen LogP contribution in [0.15, 0.2) is 41.8 Å². The maximum absolute atomic E-state index is 12.1. The Morgan fingerprint density at radius 1 is 1.27 bits per heavy atom. The highest BCUT2D eigenvalue weighted by molar-refractivity contribution is 5.90. The summed E-state index contributed by atoms with van der Waals surface area (Å²) in [6.07, 6.45) is 4.38. The van der Waals surface area contributed by atoms with Gasteiger partial charge in [-0.25, -0.2) is 15.6 Å². The molecule has 1 aromatic rings. The number of nitrogens with two attached hydrogens (primary N) is 2. The second kappa shape index (κ2) is 7.74. The lowest BCUT2D eigenvalue weighted by Gasteiger charge is -2.26. The van der Waals surface area contributed by atoms with Crippen molar-refractivity contribution in [3.8, 4) is 0 Å². The molecule has 0 bridgehead atoms. The highest BCUT2D eigenvalue weighted by Crippen LogP contribution is 2.25. The lowest BCUT2D eigenvalue weighted by molar-refractivity contribution is -0.118. The summed E-state index contributed by atoms with van der Waals surface area (Å²) < 4.78 is 5.34. The third-order valence-electron chi connectivity index (χ3n) is 4.09. The third kappa shape index (κ3) is 3.86. The van der Waals surface area contributed by atoms with E-state index in [-0.39, 0.29) is 6.10 Å². The number of cyclic esters (lactones) is 1. The van der Waals surface area contributed by atoms with Crippen LogP contribution in [0.25, 0.3) is 0 Å². The second-order valence-electron chi connectivity index (χ2n) is 5.86. The highest BCUT2D eigenvalue weighted by atomic mass is 16.6. The van der Waals surface area contributed by atoms with E-state index in [1.807, 2.05) is 29.2 Å². The Morgan fingerprint density at radius 2 is 2.00 bits per heavy atom. The Morgan fingerprint density at radius 3 is 2.62 bits per heavy atom. The van der Waals surface area contributed by atoms with Crippen LogP contribution in [0.4, 0.5) is 16.2 Å². The molecule has 10 heteroatoms. The molecule has 138 valence electrons. The molecular weight excluding hydrogens is 338 g/mol. The zero-order chi connectivity index (χ0) is 18.5. The van der Waals surface area contributed by atoms with Crippen molar-refractivity contribution >= 4 is 30.2 Å². The topological polar surface area (TPSA) is 121 Å². The van der Waals surface area contributed by atoms with Gasteiger partial charge in [0.1, 0.15) is 12.4 Å². The van der Waals surface area contributed by atoms with Crippen LogP contribution in [0.5, 0.6) is 0 Å². The van der Waals surface area contributed by atoms with Gasteiger partial charge in [-0.1, -0.05) is 0 Å². The number of benzene rings is 1. The molecule has 2 aliphatic heterocycles. The summed E-state index contributed by atoms with van der Waals surface area (Å²) in [5.74, 6) is 5.73. The number of hydrogen-bond acceptors (Lipinski definition) is 8. The number of hydrogen-bond donors (Lipinski definition) is 2. The summed E-state index contributed by atoms with van der Waals surface area (Å²) in [7, 11) is 0. The van der Waals surface area contributed by atoms with Crippen LogP contribution < -0.4 is 21.4 Å². The van der Waals surface area contributed by atoms with Gasteiger partial charge in [-0.2, -0.15) is 5.10 Å². The van der Waals surface area contributed by atoms with Gasteiger partial charge in [-0.15, -0.1) is 0 Å². The van der Waals surface area contributed by atoms with Crippen LogP contribution in [-0.4, -0.2) is 61.1 Å². The Kier molecular flexibility index (Phi) is 5.23. The smallest absolute Gasteiger partial charge is 0.414 e. The van der Waals surface area contributed by atoms with Crippen LogP contribution >= 0.6 is 0 Å². The molecule has 1 atom stereocenters. The second-order valence-corrected chi connectivity index (χ2v) is 5.86. The predicted octanol–water partition coefficient (Wildman–Crippen LogP) is -0.161. The first-order valence-corrected chi connectivity index (χ1v) is 8.11. The van der Waals surface area contributed by atoms with Crippen molar-refractivity contribution < 1.29 is 14.3 Å². The number of hydrazine groups is 1. The van der Waals surface area contributed by atoms with Crippen LogP contribution in [0.1, 0.15) is 0 Å². The molecule has 0 aromatic heterocycles. The number of amides is 2. The summed E-state index contributed by atoms with van der Waals surface area (Å²) in [5.41, 5.74) is 6.95. The van der Waals surface area contributed by atoms with E-state index in [1.165, 1.54) is 22.4 Å². The molecule has 2 heterocycles. The average molecular weight is 359 g/mol. The Balaban J connectivity index is 1.63. The fourth-order valence-corrected chi connectivity index (χ4v) is 2.79. The van der Waals surface area contributed by atoms with E-state index in [9.17, 15) is 9.59 Å². The zero-order valence-electron chi connectivity index (χ0n) is 14.1. The minimum atomic E-state index is -0.408. The standard InChI is InChI=1S/C16H21N7O3/c17-5-6-21(18)9-15-10-23(16(25)26-15)14-3-1-13(2-4-14)20-7-8-22(12-24)19-11-20/h1-6,11-12,15H,7-10,17-18H2/b6-5-. The zero-order valence-corrected chi connectivity index (χ0v) is 14.1. The minimum Gasteiger partial charge on any atom is -0.442 e. The number of carbonyl (C=O) groups excluding carboxylic acids is 2. The van der Waals surface area contributed by atoms with Crippen LogP contribution in [0, 0.1) is 0 Å². The molecule has 1 aromatic carbocycles. The molecule has 1 saturated heterocycles. The summed E-state index contributed by atoms with van der Waals surface area (Å²) >= 11 is 0. The maximum atomic E-state index is 12.1. The molecule has 2 aliphatic rings. The first-order chi connectivity index (χ1) is 12.6. The fraction of sp³-hybridized carbons (Fsp3) is 0.312. The van der Waals surface area contributed by atoms with E-state index in [2.05, 4.69) is 5.10 Å². The molecule has 26 heavy (non-hydrogen) atoms. The van der Waals surface area contributed by atoms with E-state index < -0.39 is 6.09 Å². The van der Waals surface area contributed by atoms with Crippen molar-refractivity contribution in [3.63, 3.8) is 0 Å². The van der Waals surface area contributed by atoms with Gasteiger partial charge < -0.3 is 20.4 Å². The Bertz CT molecular complexity index is 706. The highest BCUT2D eigenvalue weighted by Gasteiger charge is 2.32. The van der Waals surface area contributed by atoms with Gasteiger partial charge >= 0.3 is 6.09 Å². The van der Waals surface area contributed by atoms with Gasteiger partial charge in [-0.05, 0) is 24.3 Å². The fourth-order valence-electron chi connectivity index (χ4n) is 2.79. The molecular formula is C16H21N7O3. The number of carbonyl (C=O) groups is 2. The average Bonchev–Trinajstić information content (AvgIpc) is 3.02. The van der Waals surface area contributed by atoms with E-state index in [0.717, 1.165) is 11.4 Å². The quantitative estimate of drug-likeness (QED) is 0.411. The molecule has 0 spiro atoms. The summed E-state index contributed by atoms with van der Waals surface area (Å²) in [6.45, 7) is 1.93. The van der Waals surface area contributed by atoms with E-state index in [1.54, 1.807) is 11.2 Å². The van der Waals surface area contributed by atoms with Gasteiger partial charge in [0, 0.05) is 30.3 Å². The largest absolute Gasteiger partial charge is 0.442 e. The van der Waals surface area contributed by atoms with Crippen molar-refractivity contribution in [3.05, 3.63) is 36.7 Å². The Labute approximate surface area is 150 Å². The third-order valence-corrected chi connectivity index (χ3v) is 4.09. The van der Waals surface area contributed by atoms with Crippen molar-refractivity contribution in [1.82, 2.24) is 10.0 Å². The van der Waals surface area contributed by atoms with Gasteiger partial charge in [0.05, 0.1) is 19.6 Å². The summed E-state index contributed by atoms with van der Waals surface area (Å²) in [4.78, 5) is 26.3. The lowest BCUT2D eigenvalue weighted by atomic mass is 10.2. The molecule has 1 fully saturated rings. The first kappa shape index (κ1) is 17.5. The number of anilines is 2. The molecule has 1 unspecified atom stereocenters. The van der Waals surface area contributed by atoms with Crippen LogP contribution in [0.3, 0.4) is 0 Å². The molecule has 0 radical (unpaired) electrons. The molecule has 3 rings (SSSR count).